The number of aliphatic imine (C=N–C) groups is 1. The van der Waals surface area contributed by atoms with Crippen molar-refractivity contribution in [2.24, 2.45) is 4.99 Å². The van der Waals surface area contributed by atoms with Crippen LogP contribution >= 0.6 is 11.3 Å². The smallest absolute Gasteiger partial charge is 0.148 e. The molecule has 25 heavy (non-hydrogen) atoms. The maximum absolute atomic E-state index is 5.58. The van der Waals surface area contributed by atoms with Crippen LogP contribution in [0.3, 0.4) is 0 Å². The van der Waals surface area contributed by atoms with E-state index in [1.165, 1.54) is 0 Å². The molecule has 122 valence electrons. The maximum Gasteiger partial charge on any atom is 0.148 e. The van der Waals surface area contributed by atoms with Crippen molar-refractivity contribution < 1.29 is 4.74 Å². The number of para-hydroxylation sites is 1. The number of ether oxygens (including phenoxy) is 1. The third-order valence-corrected chi connectivity index (χ3v) is 4.34. The summed E-state index contributed by atoms with van der Waals surface area (Å²) in [7, 11) is 0. The first kappa shape index (κ1) is 16.8. The Morgan fingerprint density at radius 1 is 1.04 bits per heavy atom. The zero-order chi connectivity index (χ0) is 17.3. The lowest BCUT2D eigenvalue weighted by Crippen LogP contribution is -1.97. The minimum Gasteiger partial charge on any atom is -0.480 e. The number of thiophene rings is 1. The standard InChI is InChI=1S/C22H17NOS/c1-2-14-24-21-12-7-6-11-19(21)17-23-20(22-13-8-15-25-22)16-18-9-4-3-5-10-18/h1,3-13,15-17H,14H2/b20-16-,23-17?. The second-order valence-corrected chi connectivity index (χ2v) is 6.15. The summed E-state index contributed by atoms with van der Waals surface area (Å²) >= 11 is 1.66. The van der Waals surface area contributed by atoms with E-state index in [-0.39, 0.29) is 6.61 Å². The van der Waals surface area contributed by atoms with Crippen LogP contribution in [0.2, 0.25) is 0 Å². The highest BCUT2D eigenvalue weighted by molar-refractivity contribution is 7.11. The molecule has 0 atom stereocenters. The Morgan fingerprint density at radius 2 is 1.84 bits per heavy atom. The van der Waals surface area contributed by atoms with Crippen LogP contribution in [0.15, 0.2) is 77.1 Å². The minimum absolute atomic E-state index is 0.239. The number of rotatable bonds is 6. The van der Waals surface area contributed by atoms with E-state index in [1.807, 2.05) is 60.1 Å². The van der Waals surface area contributed by atoms with Gasteiger partial charge in [-0.15, -0.1) is 17.8 Å². The van der Waals surface area contributed by atoms with Crippen LogP contribution in [-0.2, 0) is 0 Å². The van der Waals surface area contributed by atoms with E-state index in [0.29, 0.717) is 0 Å². The molecule has 0 saturated heterocycles. The molecule has 3 aromatic rings. The van der Waals surface area contributed by atoms with E-state index < -0.39 is 0 Å². The number of hydrogen-bond acceptors (Lipinski definition) is 3. The van der Waals surface area contributed by atoms with Gasteiger partial charge in [0.1, 0.15) is 12.4 Å². The van der Waals surface area contributed by atoms with Crippen LogP contribution in [0.25, 0.3) is 11.8 Å². The maximum atomic E-state index is 5.58. The Morgan fingerprint density at radius 3 is 2.60 bits per heavy atom. The van der Waals surface area contributed by atoms with Crippen LogP contribution in [0.5, 0.6) is 5.75 Å². The van der Waals surface area contributed by atoms with Crippen LogP contribution in [-0.4, -0.2) is 12.8 Å². The summed E-state index contributed by atoms with van der Waals surface area (Å²) in [6, 6.07) is 22.0. The monoisotopic (exact) mass is 343 g/mol. The molecule has 2 nitrogen and oxygen atoms in total. The van der Waals surface area contributed by atoms with Gasteiger partial charge in [-0.1, -0.05) is 54.5 Å². The van der Waals surface area contributed by atoms with E-state index >= 15 is 0 Å². The molecule has 0 aliphatic rings. The van der Waals surface area contributed by atoms with Gasteiger partial charge in [0.05, 0.1) is 10.6 Å². The van der Waals surface area contributed by atoms with E-state index in [4.69, 9.17) is 16.2 Å². The molecular formula is C22H17NOS. The highest BCUT2D eigenvalue weighted by Crippen LogP contribution is 2.25. The molecule has 0 unspecified atom stereocenters. The minimum atomic E-state index is 0.239. The van der Waals surface area contributed by atoms with Crippen LogP contribution in [0.4, 0.5) is 0 Å². The normalized spacial score (nSPS) is 11.4. The number of terminal acetylenes is 1. The first-order valence-corrected chi connectivity index (χ1v) is 8.75. The third-order valence-electron chi connectivity index (χ3n) is 3.45. The van der Waals surface area contributed by atoms with Crippen molar-refractivity contribution in [1.82, 2.24) is 0 Å². The van der Waals surface area contributed by atoms with Crippen molar-refractivity contribution in [2.75, 3.05) is 6.61 Å². The first-order valence-electron chi connectivity index (χ1n) is 7.87. The molecule has 2 aromatic carbocycles. The summed E-state index contributed by atoms with van der Waals surface area (Å²) in [5, 5.41) is 2.05. The fraction of sp³-hybridized carbons (Fsp3) is 0.0455. The molecule has 0 aliphatic heterocycles. The van der Waals surface area contributed by atoms with Gasteiger partial charge >= 0.3 is 0 Å². The molecule has 0 fully saturated rings. The summed E-state index contributed by atoms with van der Waals surface area (Å²) in [5.74, 6) is 3.22. The molecule has 0 N–H and O–H groups in total. The van der Waals surface area contributed by atoms with Crippen molar-refractivity contribution in [3.05, 3.63) is 88.1 Å². The van der Waals surface area contributed by atoms with Gasteiger partial charge in [-0.05, 0) is 35.2 Å². The second kappa shape index (κ2) is 8.68. The van der Waals surface area contributed by atoms with E-state index in [2.05, 4.69) is 30.2 Å². The van der Waals surface area contributed by atoms with Gasteiger partial charge < -0.3 is 4.74 Å². The van der Waals surface area contributed by atoms with Crippen molar-refractivity contribution in [2.45, 2.75) is 0 Å². The van der Waals surface area contributed by atoms with Crippen molar-refractivity contribution in [1.29, 1.82) is 0 Å². The van der Waals surface area contributed by atoms with Gasteiger partial charge in [0.15, 0.2) is 0 Å². The van der Waals surface area contributed by atoms with Gasteiger partial charge in [0.2, 0.25) is 0 Å². The average Bonchev–Trinajstić information content (AvgIpc) is 3.19. The van der Waals surface area contributed by atoms with Crippen molar-refractivity contribution in [3.63, 3.8) is 0 Å². The van der Waals surface area contributed by atoms with Gasteiger partial charge in [-0.2, -0.15) is 0 Å². The van der Waals surface area contributed by atoms with Gasteiger partial charge in [0, 0.05) is 11.8 Å². The van der Waals surface area contributed by atoms with Crippen molar-refractivity contribution >= 4 is 29.3 Å². The average molecular weight is 343 g/mol. The Bertz CT molecular complexity index is 903. The Balaban J connectivity index is 1.93. The number of hydrogen-bond donors (Lipinski definition) is 0. The molecule has 1 aromatic heterocycles. The lowest BCUT2D eigenvalue weighted by atomic mass is 10.2. The lowest BCUT2D eigenvalue weighted by Gasteiger charge is -2.06. The predicted molar refractivity (Wildman–Crippen MR) is 107 cm³/mol. The van der Waals surface area contributed by atoms with Crippen LogP contribution in [0.1, 0.15) is 16.0 Å². The highest BCUT2D eigenvalue weighted by Gasteiger charge is 2.03. The molecule has 0 amide bonds. The fourth-order valence-corrected chi connectivity index (χ4v) is 2.97. The quantitative estimate of drug-likeness (QED) is 0.435. The van der Waals surface area contributed by atoms with Crippen LogP contribution in [0, 0.1) is 12.3 Å². The van der Waals surface area contributed by atoms with E-state index in [9.17, 15) is 0 Å². The summed E-state index contributed by atoms with van der Waals surface area (Å²) in [6.07, 6.45) is 9.18. The Kier molecular flexibility index (Phi) is 5.82. The summed E-state index contributed by atoms with van der Waals surface area (Å²) < 4.78 is 5.58. The third kappa shape index (κ3) is 4.69. The molecular weight excluding hydrogens is 326 g/mol. The summed E-state index contributed by atoms with van der Waals surface area (Å²) in [6.45, 7) is 0.239. The van der Waals surface area contributed by atoms with Crippen molar-refractivity contribution in [3.8, 4) is 18.1 Å². The summed E-state index contributed by atoms with van der Waals surface area (Å²) in [4.78, 5) is 5.83. The van der Waals surface area contributed by atoms with E-state index in [0.717, 1.165) is 27.5 Å². The van der Waals surface area contributed by atoms with Gasteiger partial charge in [-0.3, -0.25) is 4.99 Å². The molecule has 0 saturated carbocycles. The number of nitrogens with zero attached hydrogens (tertiary/aromatic N) is 1. The highest BCUT2D eigenvalue weighted by atomic mass is 32.1. The topological polar surface area (TPSA) is 21.6 Å². The molecule has 3 rings (SSSR count). The molecule has 0 bridgehead atoms. The predicted octanol–water partition coefficient (Wildman–Crippen LogP) is 5.38. The fourth-order valence-electron chi connectivity index (χ4n) is 2.28. The molecule has 0 spiro atoms. The van der Waals surface area contributed by atoms with Crippen LogP contribution < -0.4 is 4.74 Å². The van der Waals surface area contributed by atoms with Gasteiger partial charge in [0.25, 0.3) is 0 Å². The Labute approximate surface area is 152 Å². The first-order chi connectivity index (χ1) is 12.4. The molecule has 0 radical (unpaired) electrons. The van der Waals surface area contributed by atoms with E-state index in [1.54, 1.807) is 11.3 Å². The lowest BCUT2D eigenvalue weighted by molar-refractivity contribution is 0.370. The zero-order valence-corrected chi connectivity index (χ0v) is 14.4. The molecule has 3 heteroatoms. The molecule has 1 heterocycles. The van der Waals surface area contributed by atoms with Gasteiger partial charge in [-0.25, -0.2) is 0 Å². The zero-order valence-electron chi connectivity index (χ0n) is 13.6. The summed E-state index contributed by atoms with van der Waals surface area (Å²) in [5.41, 5.74) is 2.92. The second-order valence-electron chi connectivity index (χ2n) is 5.21. The largest absolute Gasteiger partial charge is 0.480 e. The Hall–Kier alpha value is -3.09. The number of benzene rings is 2. The SMILES string of the molecule is C#CCOc1ccccc1C=N/C(=C\c1ccccc1)c1cccs1. The molecule has 0 aliphatic carbocycles.